The molecule has 0 aromatic carbocycles. The molecule has 2 aromatic heterocycles. The van der Waals surface area contributed by atoms with Crippen LogP contribution < -0.4 is 16.2 Å². The molecule has 2 atom stereocenters. The van der Waals surface area contributed by atoms with Crippen LogP contribution in [0.25, 0.3) is 0 Å². The molecule has 0 bridgehead atoms. The number of nitrogens with one attached hydrogen (secondary N) is 2. The standard InChI is InChI=1S/C18H26N6O3/c1-18(2,3)24-15(20-14-7-8-16(25)23(4)22-14)10-13(21-24)11-5-6-12(9-11)19-17(26)27/h7-8,10-12,19H,5-6,9H2,1-4H3,(H,20,22)(H,26,27). The Balaban J connectivity index is 1.86. The maximum Gasteiger partial charge on any atom is 0.404 e. The van der Waals surface area contributed by atoms with Crippen molar-refractivity contribution in [1.29, 1.82) is 0 Å². The number of hydrogen-bond donors (Lipinski definition) is 3. The van der Waals surface area contributed by atoms with E-state index >= 15 is 0 Å². The summed E-state index contributed by atoms with van der Waals surface area (Å²) in [6.07, 6.45) is 1.46. The van der Waals surface area contributed by atoms with Crippen LogP contribution in [0.5, 0.6) is 0 Å². The fourth-order valence-corrected chi connectivity index (χ4v) is 3.46. The van der Waals surface area contributed by atoms with Crippen LogP contribution in [0.4, 0.5) is 16.4 Å². The van der Waals surface area contributed by atoms with Crippen LogP contribution in [0.3, 0.4) is 0 Å². The van der Waals surface area contributed by atoms with E-state index < -0.39 is 6.09 Å². The van der Waals surface area contributed by atoms with Crippen LogP contribution in [-0.2, 0) is 12.6 Å². The Morgan fingerprint density at radius 3 is 2.63 bits per heavy atom. The lowest BCUT2D eigenvalue weighted by Crippen LogP contribution is -2.31. The molecule has 0 spiro atoms. The zero-order valence-corrected chi connectivity index (χ0v) is 16.1. The molecule has 9 nitrogen and oxygen atoms in total. The molecule has 1 saturated carbocycles. The first-order valence-corrected chi connectivity index (χ1v) is 9.05. The number of aromatic nitrogens is 4. The quantitative estimate of drug-likeness (QED) is 0.757. The van der Waals surface area contributed by atoms with E-state index in [-0.39, 0.29) is 23.1 Å². The highest BCUT2D eigenvalue weighted by molar-refractivity contribution is 5.65. The summed E-state index contributed by atoms with van der Waals surface area (Å²) >= 11 is 0. The second-order valence-electron chi connectivity index (χ2n) is 8.00. The van der Waals surface area contributed by atoms with Crippen molar-refractivity contribution < 1.29 is 9.90 Å². The van der Waals surface area contributed by atoms with Gasteiger partial charge in [-0.2, -0.15) is 10.2 Å². The van der Waals surface area contributed by atoms with Gasteiger partial charge in [-0.15, -0.1) is 0 Å². The fraction of sp³-hybridized carbons (Fsp3) is 0.556. The lowest BCUT2D eigenvalue weighted by molar-refractivity contribution is 0.190. The first-order valence-electron chi connectivity index (χ1n) is 9.05. The Morgan fingerprint density at radius 1 is 1.26 bits per heavy atom. The molecule has 3 rings (SSSR count). The molecule has 0 aliphatic heterocycles. The summed E-state index contributed by atoms with van der Waals surface area (Å²) in [6.45, 7) is 6.19. The van der Waals surface area contributed by atoms with Crippen LogP contribution in [0.1, 0.15) is 51.6 Å². The third-order valence-electron chi connectivity index (χ3n) is 4.76. The summed E-state index contributed by atoms with van der Waals surface area (Å²) in [5, 5.41) is 23.8. The van der Waals surface area contributed by atoms with E-state index in [2.05, 4.69) is 36.5 Å². The van der Waals surface area contributed by atoms with Crippen LogP contribution >= 0.6 is 0 Å². The first-order chi connectivity index (χ1) is 12.6. The van der Waals surface area contributed by atoms with Crippen molar-refractivity contribution >= 4 is 17.7 Å². The van der Waals surface area contributed by atoms with Gasteiger partial charge < -0.3 is 15.7 Å². The average molecular weight is 374 g/mol. The third-order valence-corrected chi connectivity index (χ3v) is 4.76. The molecule has 146 valence electrons. The third kappa shape index (κ3) is 4.29. The number of carboxylic acid groups (broad SMARTS) is 1. The summed E-state index contributed by atoms with van der Waals surface area (Å²) in [5.74, 6) is 1.56. The average Bonchev–Trinajstić information content (AvgIpc) is 3.17. The number of nitrogens with zero attached hydrogens (tertiary/aromatic N) is 4. The highest BCUT2D eigenvalue weighted by Crippen LogP contribution is 2.36. The molecule has 3 N–H and O–H groups in total. The lowest BCUT2D eigenvalue weighted by atomic mass is 10.0. The van der Waals surface area contributed by atoms with Crippen molar-refractivity contribution in [2.45, 2.75) is 57.5 Å². The topological polar surface area (TPSA) is 114 Å². The Hall–Kier alpha value is -2.84. The molecular weight excluding hydrogens is 348 g/mol. The first kappa shape index (κ1) is 18.9. The minimum atomic E-state index is -0.982. The van der Waals surface area contributed by atoms with Crippen LogP contribution in [0.2, 0.25) is 0 Å². The van der Waals surface area contributed by atoms with Gasteiger partial charge in [-0.1, -0.05) is 0 Å². The molecule has 0 saturated heterocycles. The van der Waals surface area contributed by atoms with E-state index in [1.807, 2.05) is 10.7 Å². The minimum absolute atomic E-state index is 0.0333. The zero-order valence-electron chi connectivity index (χ0n) is 16.1. The molecule has 9 heteroatoms. The van der Waals surface area contributed by atoms with Gasteiger partial charge in [-0.3, -0.25) is 4.79 Å². The van der Waals surface area contributed by atoms with E-state index in [4.69, 9.17) is 10.2 Å². The van der Waals surface area contributed by atoms with Crippen molar-refractivity contribution in [3.63, 3.8) is 0 Å². The van der Waals surface area contributed by atoms with Gasteiger partial charge in [0.15, 0.2) is 5.82 Å². The molecule has 2 aromatic rings. The molecular formula is C18H26N6O3. The van der Waals surface area contributed by atoms with Crippen LogP contribution in [0, 0.1) is 0 Å². The van der Waals surface area contributed by atoms with Crippen molar-refractivity contribution in [2.75, 3.05) is 5.32 Å². The van der Waals surface area contributed by atoms with Gasteiger partial charge in [0, 0.05) is 31.1 Å². The van der Waals surface area contributed by atoms with Gasteiger partial charge in [0.1, 0.15) is 5.82 Å². The molecule has 1 aliphatic rings. The number of aryl methyl sites for hydroxylation is 1. The van der Waals surface area contributed by atoms with Crippen molar-refractivity contribution in [3.05, 3.63) is 34.2 Å². The largest absolute Gasteiger partial charge is 0.465 e. The molecule has 1 amide bonds. The zero-order chi connectivity index (χ0) is 19.8. The highest BCUT2D eigenvalue weighted by atomic mass is 16.4. The predicted octanol–water partition coefficient (Wildman–Crippen LogP) is 2.38. The van der Waals surface area contributed by atoms with Crippen LogP contribution in [-0.4, -0.2) is 36.8 Å². The normalized spacial score (nSPS) is 19.9. The molecule has 2 heterocycles. The SMILES string of the molecule is Cn1nc(Nc2cc(C3CCC(NC(=O)O)C3)nn2C(C)(C)C)ccc1=O. The number of hydrogen-bond acceptors (Lipinski definition) is 5. The predicted molar refractivity (Wildman–Crippen MR) is 102 cm³/mol. The van der Waals surface area contributed by atoms with Gasteiger partial charge in [0.2, 0.25) is 0 Å². The Kier molecular flexibility index (Phi) is 4.95. The minimum Gasteiger partial charge on any atom is -0.465 e. The molecule has 1 fully saturated rings. The maximum atomic E-state index is 11.5. The number of carbonyl (C=O) groups is 1. The Morgan fingerprint density at radius 2 is 2.00 bits per heavy atom. The Bertz CT molecular complexity index is 895. The van der Waals surface area contributed by atoms with Crippen molar-refractivity contribution in [3.8, 4) is 0 Å². The van der Waals surface area contributed by atoms with Crippen LogP contribution in [0.15, 0.2) is 23.0 Å². The van der Waals surface area contributed by atoms with E-state index in [1.165, 1.54) is 10.7 Å². The van der Waals surface area contributed by atoms with Gasteiger partial charge in [-0.05, 0) is 46.1 Å². The monoisotopic (exact) mass is 374 g/mol. The highest BCUT2D eigenvalue weighted by Gasteiger charge is 2.30. The van der Waals surface area contributed by atoms with Gasteiger partial charge in [0.05, 0.1) is 11.2 Å². The van der Waals surface area contributed by atoms with Gasteiger partial charge >= 0.3 is 6.09 Å². The smallest absolute Gasteiger partial charge is 0.404 e. The Labute approximate surface area is 157 Å². The summed E-state index contributed by atoms with van der Waals surface area (Å²) in [6, 6.07) is 5.07. The molecule has 27 heavy (non-hydrogen) atoms. The summed E-state index contributed by atoms with van der Waals surface area (Å²) < 4.78 is 3.19. The number of anilines is 2. The maximum absolute atomic E-state index is 11.5. The fourth-order valence-electron chi connectivity index (χ4n) is 3.46. The second kappa shape index (κ2) is 7.05. The van der Waals surface area contributed by atoms with E-state index in [1.54, 1.807) is 13.1 Å². The molecule has 2 unspecified atom stereocenters. The molecule has 1 aliphatic carbocycles. The number of rotatable bonds is 4. The van der Waals surface area contributed by atoms with Gasteiger partial charge in [0.25, 0.3) is 5.56 Å². The van der Waals surface area contributed by atoms with Gasteiger partial charge in [-0.25, -0.2) is 14.2 Å². The molecule has 0 radical (unpaired) electrons. The van der Waals surface area contributed by atoms with E-state index in [0.29, 0.717) is 5.82 Å². The van der Waals surface area contributed by atoms with E-state index in [9.17, 15) is 9.59 Å². The van der Waals surface area contributed by atoms with Crippen molar-refractivity contribution in [1.82, 2.24) is 24.9 Å². The van der Waals surface area contributed by atoms with E-state index in [0.717, 1.165) is 30.8 Å². The number of amides is 1. The summed E-state index contributed by atoms with van der Waals surface area (Å²) in [4.78, 5) is 22.4. The summed E-state index contributed by atoms with van der Waals surface area (Å²) in [7, 11) is 1.61. The second-order valence-corrected chi connectivity index (χ2v) is 8.00. The summed E-state index contributed by atoms with van der Waals surface area (Å²) in [5.41, 5.74) is 0.513. The van der Waals surface area contributed by atoms with Crippen molar-refractivity contribution in [2.24, 2.45) is 7.05 Å². The lowest BCUT2D eigenvalue weighted by Gasteiger charge is -2.22.